The monoisotopic (exact) mass is 328 g/mol. The first-order valence-electron chi connectivity index (χ1n) is 8.55. The number of benzene rings is 2. The van der Waals surface area contributed by atoms with Crippen LogP contribution in [0, 0.1) is 11.7 Å². The smallest absolute Gasteiger partial charge is 0.165 e. The van der Waals surface area contributed by atoms with E-state index in [-0.39, 0.29) is 11.6 Å². The van der Waals surface area contributed by atoms with Crippen molar-refractivity contribution in [3.05, 3.63) is 53.8 Å². The van der Waals surface area contributed by atoms with Crippen LogP contribution in [-0.2, 0) is 0 Å². The summed E-state index contributed by atoms with van der Waals surface area (Å²) < 4.78 is 19.8. The predicted octanol–water partition coefficient (Wildman–Crippen LogP) is 5.90. The number of Topliss-reactive ketones (excluding diaryl/α,β-unsaturated/α-hetero) is 1. The van der Waals surface area contributed by atoms with Crippen molar-refractivity contribution in [2.24, 2.45) is 5.92 Å². The number of carbonyl (C=O) groups excluding carboxylic acids is 1. The SMILES string of the molecule is CC[C@H](C)CCCOc1ccc(-c2ccc(C(C)=O)cc2)cc1F. The van der Waals surface area contributed by atoms with Crippen LogP contribution < -0.4 is 4.74 Å². The largest absolute Gasteiger partial charge is 0.491 e. The van der Waals surface area contributed by atoms with Gasteiger partial charge in [-0.2, -0.15) is 0 Å². The quantitative estimate of drug-likeness (QED) is 0.445. The molecular formula is C21H25FO2. The molecule has 0 N–H and O–H groups in total. The first-order chi connectivity index (χ1) is 11.5. The molecule has 1 atom stereocenters. The lowest BCUT2D eigenvalue weighted by Crippen LogP contribution is -2.02. The van der Waals surface area contributed by atoms with Gasteiger partial charge in [-0.25, -0.2) is 4.39 Å². The minimum atomic E-state index is -0.355. The lowest BCUT2D eigenvalue weighted by molar-refractivity contribution is 0.101. The normalized spacial score (nSPS) is 12.0. The zero-order valence-electron chi connectivity index (χ0n) is 14.6. The van der Waals surface area contributed by atoms with Gasteiger partial charge in [0.15, 0.2) is 17.3 Å². The maximum absolute atomic E-state index is 14.2. The third-order valence-corrected chi connectivity index (χ3v) is 4.35. The first-order valence-corrected chi connectivity index (χ1v) is 8.55. The van der Waals surface area contributed by atoms with E-state index in [9.17, 15) is 9.18 Å². The van der Waals surface area contributed by atoms with E-state index in [1.54, 1.807) is 18.2 Å². The van der Waals surface area contributed by atoms with E-state index in [1.165, 1.54) is 13.0 Å². The van der Waals surface area contributed by atoms with Gasteiger partial charge >= 0.3 is 0 Å². The molecule has 0 aliphatic heterocycles. The highest BCUT2D eigenvalue weighted by Crippen LogP contribution is 2.26. The minimum Gasteiger partial charge on any atom is -0.491 e. The van der Waals surface area contributed by atoms with Crippen LogP contribution in [0.3, 0.4) is 0 Å². The number of ketones is 1. The van der Waals surface area contributed by atoms with Crippen LogP contribution in [-0.4, -0.2) is 12.4 Å². The summed E-state index contributed by atoms with van der Waals surface area (Å²) in [6.45, 7) is 6.45. The van der Waals surface area contributed by atoms with Gasteiger partial charge in [-0.05, 0) is 48.9 Å². The van der Waals surface area contributed by atoms with E-state index in [2.05, 4.69) is 13.8 Å². The molecule has 0 fully saturated rings. The fourth-order valence-electron chi connectivity index (χ4n) is 2.51. The van der Waals surface area contributed by atoms with Crippen molar-refractivity contribution in [2.75, 3.05) is 6.61 Å². The average molecular weight is 328 g/mol. The number of halogens is 1. The number of hydrogen-bond acceptors (Lipinski definition) is 2. The summed E-state index contributed by atoms with van der Waals surface area (Å²) in [5.41, 5.74) is 2.30. The van der Waals surface area contributed by atoms with Gasteiger partial charge < -0.3 is 4.74 Å². The molecule has 24 heavy (non-hydrogen) atoms. The van der Waals surface area contributed by atoms with Gasteiger partial charge in [-0.1, -0.05) is 50.6 Å². The van der Waals surface area contributed by atoms with E-state index < -0.39 is 0 Å². The Balaban J connectivity index is 2.00. The Kier molecular flexibility index (Phi) is 6.53. The van der Waals surface area contributed by atoms with Gasteiger partial charge in [-0.15, -0.1) is 0 Å². The molecule has 128 valence electrons. The van der Waals surface area contributed by atoms with Crippen LogP contribution in [0.1, 0.15) is 50.4 Å². The summed E-state index contributed by atoms with van der Waals surface area (Å²) in [6.07, 6.45) is 3.19. The molecule has 0 aromatic heterocycles. The highest BCUT2D eigenvalue weighted by Gasteiger charge is 2.08. The van der Waals surface area contributed by atoms with Crippen LogP contribution in [0.2, 0.25) is 0 Å². The van der Waals surface area contributed by atoms with E-state index in [1.807, 2.05) is 18.2 Å². The molecule has 0 spiro atoms. The first kappa shape index (κ1) is 18.2. The van der Waals surface area contributed by atoms with E-state index in [0.717, 1.165) is 30.4 Å². The van der Waals surface area contributed by atoms with Crippen molar-refractivity contribution in [2.45, 2.75) is 40.0 Å². The van der Waals surface area contributed by atoms with Gasteiger partial charge in [0.2, 0.25) is 0 Å². The molecular weight excluding hydrogens is 303 g/mol. The summed E-state index contributed by atoms with van der Waals surface area (Å²) in [7, 11) is 0. The van der Waals surface area contributed by atoms with Crippen molar-refractivity contribution in [3.63, 3.8) is 0 Å². The number of rotatable bonds is 8. The van der Waals surface area contributed by atoms with Crippen LogP contribution >= 0.6 is 0 Å². The maximum Gasteiger partial charge on any atom is 0.165 e. The van der Waals surface area contributed by atoms with Crippen molar-refractivity contribution >= 4 is 5.78 Å². The van der Waals surface area contributed by atoms with E-state index >= 15 is 0 Å². The van der Waals surface area contributed by atoms with Gasteiger partial charge in [0, 0.05) is 5.56 Å². The Labute approximate surface area is 143 Å². The molecule has 2 aromatic carbocycles. The summed E-state index contributed by atoms with van der Waals surface area (Å²) in [4.78, 5) is 11.3. The third kappa shape index (κ3) is 4.92. The lowest BCUT2D eigenvalue weighted by atomic mass is 10.0. The lowest BCUT2D eigenvalue weighted by Gasteiger charge is -2.11. The van der Waals surface area contributed by atoms with Crippen molar-refractivity contribution < 1.29 is 13.9 Å². The van der Waals surface area contributed by atoms with E-state index in [4.69, 9.17) is 4.74 Å². The molecule has 0 aliphatic carbocycles. The summed E-state index contributed by atoms with van der Waals surface area (Å²) in [5, 5.41) is 0. The van der Waals surface area contributed by atoms with E-state index in [0.29, 0.717) is 23.8 Å². The minimum absolute atomic E-state index is 0.0221. The number of hydrogen-bond donors (Lipinski definition) is 0. The Bertz CT molecular complexity index is 677. The standard InChI is InChI=1S/C21H25FO2/c1-4-15(2)6-5-13-24-21-12-11-19(14-20(21)22)18-9-7-17(8-10-18)16(3)23/h7-12,14-15H,4-6,13H2,1-3H3/t15-/m0/s1. The second-order valence-corrected chi connectivity index (χ2v) is 6.28. The second kappa shape index (κ2) is 8.62. The molecule has 3 heteroatoms. The van der Waals surface area contributed by atoms with Gasteiger partial charge in [0.05, 0.1) is 6.61 Å². The molecule has 0 saturated carbocycles. The molecule has 0 amide bonds. The topological polar surface area (TPSA) is 26.3 Å². The molecule has 0 saturated heterocycles. The Morgan fingerprint density at radius 1 is 1.12 bits per heavy atom. The summed E-state index contributed by atoms with van der Waals surface area (Å²) in [6, 6.07) is 12.2. The number of ether oxygens (including phenoxy) is 1. The van der Waals surface area contributed by atoms with Crippen molar-refractivity contribution in [1.29, 1.82) is 0 Å². The Hall–Kier alpha value is -2.16. The van der Waals surface area contributed by atoms with Crippen molar-refractivity contribution in [3.8, 4) is 16.9 Å². The second-order valence-electron chi connectivity index (χ2n) is 6.28. The van der Waals surface area contributed by atoms with Crippen LogP contribution in [0.15, 0.2) is 42.5 Å². The molecule has 2 nitrogen and oxygen atoms in total. The molecule has 0 heterocycles. The molecule has 2 rings (SSSR count). The average Bonchev–Trinajstić information content (AvgIpc) is 2.59. The Morgan fingerprint density at radius 2 is 1.79 bits per heavy atom. The van der Waals surface area contributed by atoms with Crippen LogP contribution in [0.25, 0.3) is 11.1 Å². The molecule has 2 aromatic rings. The zero-order valence-corrected chi connectivity index (χ0v) is 14.6. The van der Waals surface area contributed by atoms with Crippen molar-refractivity contribution in [1.82, 2.24) is 0 Å². The van der Waals surface area contributed by atoms with Crippen LogP contribution in [0.4, 0.5) is 4.39 Å². The van der Waals surface area contributed by atoms with Crippen LogP contribution in [0.5, 0.6) is 5.75 Å². The molecule has 0 bridgehead atoms. The maximum atomic E-state index is 14.2. The summed E-state index contributed by atoms with van der Waals surface area (Å²) >= 11 is 0. The fraction of sp³-hybridized carbons (Fsp3) is 0.381. The number of carbonyl (C=O) groups is 1. The van der Waals surface area contributed by atoms with Gasteiger partial charge in [0.25, 0.3) is 0 Å². The predicted molar refractivity (Wildman–Crippen MR) is 96.0 cm³/mol. The molecule has 0 unspecified atom stereocenters. The zero-order chi connectivity index (χ0) is 17.5. The highest BCUT2D eigenvalue weighted by molar-refractivity contribution is 5.94. The summed E-state index contributed by atoms with van der Waals surface area (Å²) in [5.74, 6) is 0.641. The fourth-order valence-corrected chi connectivity index (χ4v) is 2.51. The van der Waals surface area contributed by atoms with Gasteiger partial charge in [0.1, 0.15) is 0 Å². The molecule has 0 aliphatic rings. The molecule has 0 radical (unpaired) electrons. The van der Waals surface area contributed by atoms with Gasteiger partial charge in [-0.3, -0.25) is 4.79 Å². The third-order valence-electron chi connectivity index (χ3n) is 4.35. The highest BCUT2D eigenvalue weighted by atomic mass is 19.1. The Morgan fingerprint density at radius 3 is 2.38 bits per heavy atom.